The first kappa shape index (κ1) is 41.6. The Hall–Kier alpha value is -10.1. The van der Waals surface area contributed by atoms with Crippen LogP contribution in [0.2, 0.25) is 0 Å². The van der Waals surface area contributed by atoms with E-state index >= 15 is 0 Å². The Morgan fingerprint density at radius 3 is 1.29 bits per heavy atom. The maximum atomic E-state index is 11.0. The number of nitrogens with zero attached hydrogens (tertiary/aromatic N) is 8. The molecule has 8 heteroatoms. The summed E-state index contributed by atoms with van der Waals surface area (Å²) < 4.78 is 2.22. The Labute approximate surface area is 399 Å². The molecule has 0 amide bonds. The van der Waals surface area contributed by atoms with Gasteiger partial charge in [-0.3, -0.25) is 0 Å². The molecule has 69 heavy (non-hydrogen) atoms. The minimum atomic E-state index is 0.330. The second-order valence-electron chi connectivity index (χ2n) is 16.3. The maximum Gasteiger partial charge on any atom is 0.198 e. The summed E-state index contributed by atoms with van der Waals surface area (Å²) in [6, 6.07) is 79.5. The van der Waals surface area contributed by atoms with Crippen LogP contribution in [0, 0.1) is 24.5 Å². The van der Waals surface area contributed by atoms with E-state index in [0.29, 0.717) is 50.8 Å². The Bertz CT molecular complexity index is 3530. The summed E-state index contributed by atoms with van der Waals surface area (Å²) in [5.74, 6) is 0.330. The van der Waals surface area contributed by atoms with Crippen molar-refractivity contribution in [2.75, 3.05) is 9.80 Å². The van der Waals surface area contributed by atoms with Gasteiger partial charge in [0.05, 0.1) is 47.2 Å². The van der Waals surface area contributed by atoms with Gasteiger partial charge in [-0.1, -0.05) is 121 Å². The molecule has 11 aromatic rings. The largest absolute Gasteiger partial charge is 0.310 e. The van der Waals surface area contributed by atoms with Crippen molar-refractivity contribution in [1.29, 1.82) is 5.26 Å². The van der Waals surface area contributed by atoms with Crippen LogP contribution in [0.3, 0.4) is 0 Å². The second kappa shape index (κ2) is 18.1. The zero-order valence-electron chi connectivity index (χ0n) is 37.0. The molecule has 0 radical (unpaired) electrons. The summed E-state index contributed by atoms with van der Waals surface area (Å²) >= 11 is 0. The zero-order valence-corrected chi connectivity index (χ0v) is 37.0. The summed E-state index contributed by atoms with van der Waals surface area (Å²) in [7, 11) is 0. The highest BCUT2D eigenvalue weighted by Crippen LogP contribution is 2.44. The van der Waals surface area contributed by atoms with Crippen LogP contribution in [0.5, 0.6) is 0 Å². The fourth-order valence-electron chi connectivity index (χ4n) is 9.14. The van der Waals surface area contributed by atoms with Crippen molar-refractivity contribution >= 4 is 67.3 Å². The summed E-state index contributed by atoms with van der Waals surface area (Å²) in [5, 5.41) is 13.1. The molecule has 0 saturated heterocycles. The lowest BCUT2D eigenvalue weighted by Crippen LogP contribution is -2.09. The van der Waals surface area contributed by atoms with E-state index < -0.39 is 0 Å². The molecule has 0 spiro atoms. The van der Waals surface area contributed by atoms with Crippen molar-refractivity contribution in [3.05, 3.63) is 259 Å². The standard InChI is InChI=1S/C61H38N8/c1-63-55-29-17-15-27-51(55)58-40-57(65-61(66-58)52-28-16-18-30-56(52)64-2)50-34-31-47(37-42(50)41-62)69-59-35-32-48(67(43-19-7-3-8-20-43)44-21-9-4-10-22-44)38-53(59)54-39-49(33-36-60(54)69)68(45-23-11-5-12-24-45)46-25-13-6-14-26-46/h3-40H. The number of anilines is 6. The molecular formula is C61H38N8. The topological polar surface area (TPSA) is 69.7 Å². The van der Waals surface area contributed by atoms with E-state index in [1.54, 1.807) is 12.1 Å². The molecular weight excluding hydrogens is 845 g/mol. The van der Waals surface area contributed by atoms with Gasteiger partial charge in [-0.2, -0.15) is 5.26 Å². The number of nitriles is 1. The van der Waals surface area contributed by atoms with Crippen LogP contribution in [-0.4, -0.2) is 14.5 Å². The van der Waals surface area contributed by atoms with E-state index in [4.69, 9.17) is 23.1 Å². The third-order valence-electron chi connectivity index (χ3n) is 12.3. The number of hydrogen-bond acceptors (Lipinski definition) is 5. The zero-order chi connectivity index (χ0) is 46.7. The Morgan fingerprint density at radius 1 is 0.406 bits per heavy atom. The van der Waals surface area contributed by atoms with Crippen molar-refractivity contribution in [3.8, 4) is 45.7 Å². The fourth-order valence-corrected chi connectivity index (χ4v) is 9.14. The smallest absolute Gasteiger partial charge is 0.198 e. The Balaban J connectivity index is 1.13. The van der Waals surface area contributed by atoms with Crippen molar-refractivity contribution in [3.63, 3.8) is 0 Å². The van der Waals surface area contributed by atoms with Crippen molar-refractivity contribution < 1.29 is 0 Å². The number of benzene rings is 9. The fraction of sp³-hybridized carbons (Fsp3) is 0. The molecule has 2 heterocycles. The third kappa shape index (κ3) is 7.75. The SMILES string of the molecule is [C-]#[N+]c1ccccc1-c1cc(-c2ccc(-n3c4ccc(N(c5ccccc5)c5ccccc5)cc4c4cc(N(c5ccccc5)c5ccccc5)ccc43)cc2C#N)nc(-c2ccccc2[N+]#[C-])n1. The van der Waals surface area contributed by atoms with Gasteiger partial charge in [0.1, 0.15) is 5.82 Å². The van der Waals surface area contributed by atoms with Gasteiger partial charge in [-0.05, 0) is 109 Å². The predicted molar refractivity (Wildman–Crippen MR) is 279 cm³/mol. The van der Waals surface area contributed by atoms with E-state index in [2.05, 4.69) is 164 Å². The average Bonchev–Trinajstić information content (AvgIpc) is 3.75. The molecule has 0 aliphatic carbocycles. The molecule has 0 N–H and O–H groups in total. The highest BCUT2D eigenvalue weighted by molar-refractivity contribution is 6.12. The van der Waals surface area contributed by atoms with Crippen molar-refractivity contribution in [2.24, 2.45) is 0 Å². The van der Waals surface area contributed by atoms with E-state index in [1.807, 2.05) is 84.9 Å². The number of rotatable bonds is 10. The molecule has 11 rings (SSSR count). The van der Waals surface area contributed by atoms with Crippen LogP contribution in [0.1, 0.15) is 5.56 Å². The quantitative estimate of drug-likeness (QED) is 0.128. The predicted octanol–water partition coefficient (Wildman–Crippen LogP) is 16.5. The lowest BCUT2D eigenvalue weighted by molar-refractivity contribution is 1.16. The molecule has 0 fully saturated rings. The van der Waals surface area contributed by atoms with E-state index in [1.165, 1.54) is 0 Å². The van der Waals surface area contributed by atoms with Crippen LogP contribution in [0.25, 0.3) is 71.1 Å². The van der Waals surface area contributed by atoms with Crippen molar-refractivity contribution in [2.45, 2.75) is 0 Å². The molecule has 0 aliphatic heterocycles. The Morgan fingerprint density at radius 2 is 0.826 bits per heavy atom. The summed E-state index contributed by atoms with van der Waals surface area (Å²) in [4.78, 5) is 22.0. The van der Waals surface area contributed by atoms with Gasteiger partial charge >= 0.3 is 0 Å². The van der Waals surface area contributed by atoms with Crippen LogP contribution >= 0.6 is 0 Å². The molecule has 2 aromatic heterocycles. The molecule has 0 saturated carbocycles. The minimum Gasteiger partial charge on any atom is -0.310 e. The number of fused-ring (bicyclic) bond motifs is 3. The second-order valence-corrected chi connectivity index (χ2v) is 16.3. The number of aromatic nitrogens is 3. The van der Waals surface area contributed by atoms with Crippen LogP contribution in [-0.2, 0) is 0 Å². The molecule has 0 unspecified atom stereocenters. The minimum absolute atomic E-state index is 0.330. The molecule has 9 aromatic carbocycles. The monoisotopic (exact) mass is 882 g/mol. The first-order valence-corrected chi connectivity index (χ1v) is 22.4. The molecule has 8 nitrogen and oxygen atoms in total. The van der Waals surface area contributed by atoms with Gasteiger partial charge in [-0.25, -0.2) is 19.7 Å². The van der Waals surface area contributed by atoms with Crippen LogP contribution < -0.4 is 9.80 Å². The highest BCUT2D eigenvalue weighted by Gasteiger charge is 2.22. The van der Waals surface area contributed by atoms with Gasteiger partial charge in [-0.15, -0.1) is 0 Å². The molecule has 0 atom stereocenters. The van der Waals surface area contributed by atoms with E-state index in [0.717, 1.165) is 61.6 Å². The lowest BCUT2D eigenvalue weighted by atomic mass is 10.0. The van der Waals surface area contributed by atoms with Gasteiger partial charge < -0.3 is 14.4 Å². The van der Waals surface area contributed by atoms with Gasteiger partial charge in [0, 0.05) is 67.3 Å². The van der Waals surface area contributed by atoms with Crippen molar-refractivity contribution in [1.82, 2.24) is 14.5 Å². The van der Waals surface area contributed by atoms with Gasteiger partial charge in [0.15, 0.2) is 11.4 Å². The first-order chi connectivity index (χ1) is 34.1. The first-order valence-electron chi connectivity index (χ1n) is 22.4. The summed E-state index contributed by atoms with van der Waals surface area (Å²) in [6.45, 7) is 15.8. The van der Waals surface area contributed by atoms with E-state index in [9.17, 15) is 5.26 Å². The van der Waals surface area contributed by atoms with Gasteiger partial charge in [0.25, 0.3) is 0 Å². The average molecular weight is 883 g/mol. The highest BCUT2D eigenvalue weighted by atomic mass is 15.1. The molecule has 322 valence electrons. The summed E-state index contributed by atoms with van der Waals surface area (Å²) in [6.07, 6.45) is 0. The number of hydrogen-bond donors (Lipinski definition) is 0. The van der Waals surface area contributed by atoms with Gasteiger partial charge in [0.2, 0.25) is 0 Å². The third-order valence-corrected chi connectivity index (χ3v) is 12.3. The maximum absolute atomic E-state index is 11.0. The van der Waals surface area contributed by atoms with Crippen LogP contribution in [0.4, 0.5) is 45.5 Å². The summed E-state index contributed by atoms with van der Waals surface area (Å²) in [5.41, 5.74) is 12.9. The van der Waals surface area contributed by atoms with Crippen LogP contribution in [0.15, 0.2) is 231 Å². The van der Waals surface area contributed by atoms with E-state index in [-0.39, 0.29) is 0 Å². The number of para-hydroxylation sites is 6. The lowest BCUT2D eigenvalue weighted by Gasteiger charge is -2.26. The Kier molecular flexibility index (Phi) is 10.9. The molecule has 0 aliphatic rings. The normalized spacial score (nSPS) is 10.9. The molecule has 0 bridgehead atoms.